The van der Waals surface area contributed by atoms with Gasteiger partial charge in [-0.2, -0.15) is 5.21 Å². The summed E-state index contributed by atoms with van der Waals surface area (Å²) in [5.41, 5.74) is 4.94. The molecule has 0 unspecified atom stereocenters. The van der Waals surface area contributed by atoms with Crippen molar-refractivity contribution in [3.63, 3.8) is 0 Å². The van der Waals surface area contributed by atoms with Gasteiger partial charge < -0.3 is 5.11 Å². The largest absolute Gasteiger partial charge is 0.507 e. The minimum Gasteiger partial charge on any atom is -0.507 e. The number of H-pyrrole nitrogens is 1. The van der Waals surface area contributed by atoms with Crippen LogP contribution in [0.25, 0.3) is 22.2 Å². The Balaban J connectivity index is 1.38. The highest BCUT2D eigenvalue weighted by atomic mass is 16.3. The van der Waals surface area contributed by atoms with Gasteiger partial charge in [-0.1, -0.05) is 84.6 Å². The molecule has 0 bridgehead atoms. The number of nitrogens with one attached hydrogen (secondary N) is 1. The van der Waals surface area contributed by atoms with Crippen LogP contribution in [0.4, 0.5) is 0 Å². The monoisotopic (exact) mass is 416 g/mol. The maximum atomic E-state index is 11.0. The molecule has 0 radical (unpaired) electrons. The Kier molecular flexibility index (Phi) is 5.34. The van der Waals surface area contributed by atoms with Crippen LogP contribution in [-0.4, -0.2) is 25.7 Å². The molecule has 154 valence electrons. The van der Waals surface area contributed by atoms with E-state index in [1.807, 2.05) is 72.8 Å². The summed E-state index contributed by atoms with van der Waals surface area (Å²) in [6.45, 7) is 0. The fraction of sp³-hybridized carbons (Fsp3) is 0.0741. The van der Waals surface area contributed by atoms with E-state index in [4.69, 9.17) is 0 Å². The maximum Gasteiger partial charge on any atom is 0.204 e. The molecule has 0 saturated carbocycles. The first kappa shape index (κ1) is 19.5. The summed E-state index contributed by atoms with van der Waals surface area (Å²) < 4.78 is 0. The number of hydrogen-bond donors (Lipinski definition) is 2. The van der Waals surface area contributed by atoms with Gasteiger partial charge in [0.25, 0.3) is 0 Å². The number of hydrogen-bond acceptors (Lipinski definition) is 4. The van der Waals surface area contributed by atoms with E-state index in [0.29, 0.717) is 24.4 Å². The molecule has 0 aliphatic rings. The van der Waals surface area contributed by atoms with E-state index in [1.54, 1.807) is 0 Å². The van der Waals surface area contributed by atoms with Crippen LogP contribution >= 0.6 is 0 Å². The molecule has 0 amide bonds. The number of nitrogens with zero attached hydrogens (tertiary/aromatic N) is 3. The van der Waals surface area contributed by atoms with Crippen LogP contribution in [-0.2, 0) is 12.8 Å². The zero-order valence-electron chi connectivity index (χ0n) is 17.3. The molecular formula is C27H20N4O. The molecule has 1 heterocycles. The van der Waals surface area contributed by atoms with Crippen molar-refractivity contribution >= 4 is 10.8 Å². The Bertz CT molecular complexity index is 1410. The molecule has 0 saturated heterocycles. The van der Waals surface area contributed by atoms with Crippen LogP contribution in [0.2, 0.25) is 0 Å². The summed E-state index contributed by atoms with van der Waals surface area (Å²) in [5, 5.41) is 26.8. The minimum absolute atomic E-state index is 0.302. The Hall–Kier alpha value is -4.43. The van der Waals surface area contributed by atoms with Crippen molar-refractivity contribution in [2.45, 2.75) is 12.8 Å². The fourth-order valence-electron chi connectivity index (χ4n) is 3.69. The van der Waals surface area contributed by atoms with Gasteiger partial charge >= 0.3 is 0 Å². The Morgan fingerprint density at radius 3 is 2.44 bits per heavy atom. The van der Waals surface area contributed by atoms with Gasteiger partial charge in [-0.25, -0.2) is 0 Å². The molecule has 0 fully saturated rings. The highest BCUT2D eigenvalue weighted by Crippen LogP contribution is 2.31. The smallest absolute Gasteiger partial charge is 0.204 e. The molecule has 5 heteroatoms. The van der Waals surface area contributed by atoms with Gasteiger partial charge in [0, 0.05) is 29.4 Å². The second-order valence-corrected chi connectivity index (χ2v) is 7.58. The first-order valence-corrected chi connectivity index (χ1v) is 10.4. The molecule has 5 aromatic rings. The number of benzene rings is 4. The fourth-order valence-corrected chi connectivity index (χ4v) is 3.69. The van der Waals surface area contributed by atoms with E-state index in [0.717, 1.165) is 33.0 Å². The molecule has 5 nitrogen and oxygen atoms in total. The van der Waals surface area contributed by atoms with Crippen molar-refractivity contribution < 1.29 is 5.11 Å². The average molecular weight is 416 g/mol. The van der Waals surface area contributed by atoms with Gasteiger partial charge in [0.1, 0.15) is 5.75 Å². The third-order valence-electron chi connectivity index (χ3n) is 5.40. The molecule has 4 aromatic carbocycles. The van der Waals surface area contributed by atoms with Crippen LogP contribution in [0, 0.1) is 11.8 Å². The van der Waals surface area contributed by atoms with Crippen molar-refractivity contribution in [2.75, 3.05) is 0 Å². The molecule has 5 rings (SSSR count). The van der Waals surface area contributed by atoms with E-state index in [9.17, 15) is 5.11 Å². The van der Waals surface area contributed by atoms with Crippen LogP contribution in [0.15, 0.2) is 84.9 Å². The Labute approximate surface area is 185 Å². The highest BCUT2D eigenvalue weighted by Gasteiger charge is 2.09. The first-order chi connectivity index (χ1) is 15.8. The summed E-state index contributed by atoms with van der Waals surface area (Å²) in [7, 11) is 0. The predicted octanol–water partition coefficient (Wildman–Crippen LogP) is 4.91. The third-order valence-corrected chi connectivity index (χ3v) is 5.40. The maximum absolute atomic E-state index is 11.0. The average Bonchev–Trinajstić information content (AvgIpc) is 3.37. The zero-order chi connectivity index (χ0) is 21.8. The highest BCUT2D eigenvalue weighted by molar-refractivity contribution is 5.90. The summed E-state index contributed by atoms with van der Waals surface area (Å²) in [6.07, 6.45) is 1.32. The van der Waals surface area contributed by atoms with Gasteiger partial charge in [-0.3, -0.25) is 0 Å². The number of aromatic nitrogens is 4. The predicted molar refractivity (Wildman–Crippen MR) is 125 cm³/mol. The van der Waals surface area contributed by atoms with Gasteiger partial charge in [0.15, 0.2) is 0 Å². The quantitative estimate of drug-likeness (QED) is 0.408. The minimum atomic E-state index is 0.302. The van der Waals surface area contributed by atoms with Crippen molar-refractivity contribution in [3.8, 4) is 29.0 Å². The first-order valence-electron chi connectivity index (χ1n) is 10.4. The topological polar surface area (TPSA) is 74.7 Å². The lowest BCUT2D eigenvalue weighted by Crippen LogP contribution is -1.91. The summed E-state index contributed by atoms with van der Waals surface area (Å²) in [5.74, 6) is 7.31. The van der Waals surface area contributed by atoms with Crippen LogP contribution in [0.5, 0.6) is 5.75 Å². The third kappa shape index (κ3) is 4.21. The Morgan fingerprint density at radius 1 is 0.844 bits per heavy atom. The number of tetrazole rings is 1. The lowest BCUT2D eigenvalue weighted by molar-refractivity contribution is 0.476. The molecule has 32 heavy (non-hydrogen) atoms. The molecule has 0 spiro atoms. The molecule has 2 N–H and O–H groups in total. The van der Waals surface area contributed by atoms with Crippen molar-refractivity contribution in [3.05, 3.63) is 107 Å². The lowest BCUT2D eigenvalue weighted by atomic mass is 9.98. The molecule has 0 aliphatic carbocycles. The molecular weight excluding hydrogens is 396 g/mol. The van der Waals surface area contributed by atoms with Crippen molar-refractivity contribution in [1.82, 2.24) is 20.6 Å². The summed E-state index contributed by atoms with van der Waals surface area (Å²) >= 11 is 0. The molecule has 0 atom stereocenters. The summed E-state index contributed by atoms with van der Waals surface area (Å²) in [4.78, 5) is 0. The second-order valence-electron chi connectivity index (χ2n) is 7.58. The number of aromatic hydroxyl groups is 1. The van der Waals surface area contributed by atoms with E-state index < -0.39 is 0 Å². The number of phenols is 1. The molecule has 0 aliphatic heterocycles. The zero-order valence-corrected chi connectivity index (χ0v) is 17.3. The van der Waals surface area contributed by atoms with Gasteiger partial charge in [-0.05, 0) is 39.4 Å². The normalized spacial score (nSPS) is 10.6. The van der Waals surface area contributed by atoms with E-state index in [1.165, 1.54) is 5.56 Å². The number of fused-ring (bicyclic) bond motifs is 1. The SMILES string of the molecule is Oc1c(Cc2ccc(-c3nn[nH]n3)cc2)ccc2ccc(C#CCc3ccccc3)cc12. The standard InChI is InChI=1S/C27H20N4O/c32-26-24(17-21-10-13-23(14-11-21)27-28-30-31-29-27)16-15-22-12-9-20(18-25(22)26)8-4-7-19-5-2-1-3-6-19/h1-3,5-6,9-16,18,32H,7,17H2,(H,28,29,30,31). The number of aromatic amines is 1. The summed E-state index contributed by atoms with van der Waals surface area (Å²) in [6, 6.07) is 28.1. The van der Waals surface area contributed by atoms with E-state index in [2.05, 4.69) is 44.6 Å². The van der Waals surface area contributed by atoms with Gasteiger partial charge in [0.05, 0.1) is 0 Å². The Morgan fingerprint density at radius 2 is 1.66 bits per heavy atom. The number of phenolic OH excluding ortho intramolecular Hbond substituents is 1. The van der Waals surface area contributed by atoms with Crippen molar-refractivity contribution in [1.29, 1.82) is 0 Å². The molecule has 1 aromatic heterocycles. The van der Waals surface area contributed by atoms with Gasteiger partial charge in [0.2, 0.25) is 5.82 Å². The van der Waals surface area contributed by atoms with Crippen LogP contribution in [0.1, 0.15) is 22.3 Å². The van der Waals surface area contributed by atoms with E-state index in [-0.39, 0.29) is 0 Å². The van der Waals surface area contributed by atoms with Crippen LogP contribution in [0.3, 0.4) is 0 Å². The van der Waals surface area contributed by atoms with Crippen molar-refractivity contribution in [2.24, 2.45) is 0 Å². The van der Waals surface area contributed by atoms with Crippen LogP contribution < -0.4 is 0 Å². The van der Waals surface area contributed by atoms with E-state index >= 15 is 0 Å². The number of rotatable bonds is 4. The second kappa shape index (κ2) is 8.75. The van der Waals surface area contributed by atoms with Gasteiger partial charge in [-0.15, -0.1) is 10.2 Å². The lowest BCUT2D eigenvalue weighted by Gasteiger charge is -2.09.